The van der Waals surface area contributed by atoms with Gasteiger partial charge in [-0.15, -0.1) is 0 Å². The summed E-state index contributed by atoms with van der Waals surface area (Å²) < 4.78 is 25.8. The first-order valence-corrected chi connectivity index (χ1v) is 7.27. The van der Waals surface area contributed by atoms with Crippen molar-refractivity contribution in [1.82, 2.24) is 15.0 Å². The van der Waals surface area contributed by atoms with Crippen LogP contribution >= 0.6 is 0 Å². The summed E-state index contributed by atoms with van der Waals surface area (Å²) in [6.07, 6.45) is 1.14. The number of rotatable bonds is 6. The summed E-state index contributed by atoms with van der Waals surface area (Å²) in [4.78, 5) is 15.1. The Morgan fingerprint density at radius 1 is 1.42 bits per heavy atom. The molecule has 0 saturated heterocycles. The van der Waals surface area contributed by atoms with Gasteiger partial charge in [0.15, 0.2) is 0 Å². The lowest BCUT2D eigenvalue weighted by atomic mass is 10.2. The Morgan fingerprint density at radius 3 is 2.63 bits per heavy atom. The van der Waals surface area contributed by atoms with E-state index < -0.39 is 10.0 Å². The van der Waals surface area contributed by atoms with E-state index in [0.717, 1.165) is 6.20 Å². The monoisotopic (exact) mass is 286 g/mol. The number of hydrogen-bond acceptors (Lipinski definition) is 5. The predicted molar refractivity (Wildman–Crippen MR) is 71.7 cm³/mol. The number of nitrogens with two attached hydrogens (primary N) is 1. The predicted octanol–water partition coefficient (Wildman–Crippen LogP) is -0.286. The molecule has 0 spiro atoms. The van der Waals surface area contributed by atoms with Gasteiger partial charge in [-0.1, -0.05) is 13.8 Å². The van der Waals surface area contributed by atoms with Crippen LogP contribution in [0.4, 0.5) is 5.82 Å². The molecule has 7 nitrogen and oxygen atoms in total. The minimum atomic E-state index is -3.74. The molecule has 0 fully saturated rings. The van der Waals surface area contributed by atoms with Crippen LogP contribution in [0.5, 0.6) is 0 Å². The van der Waals surface area contributed by atoms with Crippen molar-refractivity contribution in [3.05, 3.63) is 18.3 Å². The molecule has 0 aromatic carbocycles. The van der Waals surface area contributed by atoms with Crippen LogP contribution in [0.25, 0.3) is 0 Å². The number of nitrogens with zero attached hydrogens (tertiary/aromatic N) is 1. The maximum absolute atomic E-state index is 11.8. The van der Waals surface area contributed by atoms with Crippen molar-refractivity contribution >= 4 is 21.7 Å². The Hall–Kier alpha value is -1.67. The van der Waals surface area contributed by atoms with Gasteiger partial charge in [0, 0.05) is 12.7 Å². The summed E-state index contributed by atoms with van der Waals surface area (Å²) in [6.45, 7) is 4.10. The van der Waals surface area contributed by atoms with Gasteiger partial charge in [-0.25, -0.2) is 18.1 Å². The van der Waals surface area contributed by atoms with Crippen LogP contribution in [0.1, 0.15) is 13.8 Å². The number of nitrogens with one attached hydrogen (secondary N) is 2. The average molecular weight is 286 g/mol. The molecule has 8 heteroatoms. The lowest BCUT2D eigenvalue weighted by Crippen LogP contribution is -2.38. The zero-order valence-corrected chi connectivity index (χ0v) is 11.7. The van der Waals surface area contributed by atoms with E-state index in [0.29, 0.717) is 12.5 Å². The van der Waals surface area contributed by atoms with E-state index in [1.807, 2.05) is 13.8 Å². The van der Waals surface area contributed by atoms with Gasteiger partial charge in [0.05, 0.1) is 6.54 Å². The molecule has 1 heterocycles. The standard InChI is InChI=1S/C11H18N4O3S/c1-8(2)5-14-11(16)7-15-19(17,18)9-3-4-10(12)13-6-9/h3-4,6,8,15H,5,7H2,1-2H3,(H2,12,13)(H,14,16). The van der Waals surface area contributed by atoms with Crippen LogP contribution in [0.15, 0.2) is 23.2 Å². The Morgan fingerprint density at radius 2 is 2.11 bits per heavy atom. The van der Waals surface area contributed by atoms with Gasteiger partial charge in [-0.2, -0.15) is 0 Å². The summed E-state index contributed by atoms with van der Waals surface area (Å²) in [7, 11) is -3.74. The molecule has 1 rings (SSSR count). The Bertz CT molecular complexity index is 525. The van der Waals surface area contributed by atoms with Crippen LogP contribution in [0.3, 0.4) is 0 Å². The SMILES string of the molecule is CC(C)CNC(=O)CNS(=O)(=O)c1ccc(N)nc1. The number of sulfonamides is 1. The van der Waals surface area contributed by atoms with Gasteiger partial charge in [0.2, 0.25) is 15.9 Å². The largest absolute Gasteiger partial charge is 0.384 e. The maximum Gasteiger partial charge on any atom is 0.242 e. The number of carbonyl (C=O) groups is 1. The van der Waals surface area contributed by atoms with Gasteiger partial charge in [-0.05, 0) is 18.1 Å². The minimum Gasteiger partial charge on any atom is -0.384 e. The molecule has 0 aliphatic heterocycles. The van der Waals surface area contributed by atoms with E-state index in [1.165, 1.54) is 12.1 Å². The highest BCUT2D eigenvalue weighted by atomic mass is 32.2. The highest BCUT2D eigenvalue weighted by molar-refractivity contribution is 7.89. The van der Waals surface area contributed by atoms with Crippen molar-refractivity contribution in [1.29, 1.82) is 0 Å². The highest BCUT2D eigenvalue weighted by Gasteiger charge is 2.15. The van der Waals surface area contributed by atoms with Gasteiger partial charge in [0.25, 0.3) is 0 Å². The van der Waals surface area contributed by atoms with Gasteiger partial charge in [0.1, 0.15) is 10.7 Å². The fourth-order valence-electron chi connectivity index (χ4n) is 1.18. The van der Waals surface area contributed by atoms with Crippen molar-refractivity contribution in [2.45, 2.75) is 18.7 Å². The number of hydrogen-bond donors (Lipinski definition) is 3. The molecule has 0 aliphatic rings. The lowest BCUT2D eigenvalue weighted by Gasteiger charge is -2.09. The second-order valence-corrected chi connectivity index (χ2v) is 6.21. The van der Waals surface area contributed by atoms with Crippen molar-refractivity contribution in [2.24, 2.45) is 5.92 Å². The van der Waals surface area contributed by atoms with Crippen molar-refractivity contribution in [3.63, 3.8) is 0 Å². The molecule has 106 valence electrons. The van der Waals surface area contributed by atoms with Crippen molar-refractivity contribution in [2.75, 3.05) is 18.8 Å². The zero-order valence-electron chi connectivity index (χ0n) is 10.9. The average Bonchev–Trinajstić information content (AvgIpc) is 2.34. The zero-order chi connectivity index (χ0) is 14.5. The van der Waals surface area contributed by atoms with Crippen LogP contribution in [-0.4, -0.2) is 32.4 Å². The topological polar surface area (TPSA) is 114 Å². The van der Waals surface area contributed by atoms with Crippen LogP contribution in [-0.2, 0) is 14.8 Å². The molecule has 0 saturated carbocycles. The first-order valence-electron chi connectivity index (χ1n) is 5.79. The van der Waals surface area contributed by atoms with Gasteiger partial charge >= 0.3 is 0 Å². The molecule has 0 aliphatic carbocycles. The number of aromatic nitrogens is 1. The van der Waals surface area contributed by atoms with Crippen LogP contribution in [0, 0.1) is 5.92 Å². The molecule has 0 radical (unpaired) electrons. The van der Waals surface area contributed by atoms with Gasteiger partial charge < -0.3 is 11.1 Å². The van der Waals surface area contributed by atoms with Crippen molar-refractivity contribution in [3.8, 4) is 0 Å². The molecular weight excluding hydrogens is 268 g/mol. The van der Waals surface area contributed by atoms with Crippen molar-refractivity contribution < 1.29 is 13.2 Å². The third-order valence-corrected chi connectivity index (χ3v) is 3.59. The van der Waals surface area contributed by atoms with Crippen LogP contribution < -0.4 is 15.8 Å². The normalized spacial score (nSPS) is 11.5. The van der Waals surface area contributed by atoms with E-state index in [2.05, 4.69) is 15.0 Å². The summed E-state index contributed by atoms with van der Waals surface area (Å²) in [5.41, 5.74) is 5.37. The first-order chi connectivity index (χ1) is 8.81. The molecule has 4 N–H and O–H groups in total. The summed E-state index contributed by atoms with van der Waals surface area (Å²) in [5, 5.41) is 2.61. The number of nitrogen functional groups attached to an aromatic ring is 1. The molecule has 0 unspecified atom stereocenters. The Balaban J connectivity index is 2.56. The van der Waals surface area contributed by atoms with E-state index in [9.17, 15) is 13.2 Å². The van der Waals surface area contributed by atoms with E-state index in [1.54, 1.807) is 0 Å². The number of amides is 1. The molecule has 1 amide bonds. The summed E-state index contributed by atoms with van der Waals surface area (Å²) in [5.74, 6) is 0.163. The van der Waals surface area contributed by atoms with Gasteiger partial charge in [-0.3, -0.25) is 4.79 Å². The second-order valence-electron chi connectivity index (χ2n) is 4.44. The number of anilines is 1. The molecule has 0 atom stereocenters. The first kappa shape index (κ1) is 15.4. The smallest absolute Gasteiger partial charge is 0.242 e. The quantitative estimate of drug-likeness (QED) is 0.665. The fraction of sp³-hybridized carbons (Fsp3) is 0.455. The summed E-state index contributed by atoms with van der Waals surface area (Å²) in [6, 6.07) is 2.71. The highest BCUT2D eigenvalue weighted by Crippen LogP contribution is 2.07. The third kappa shape index (κ3) is 5.23. The third-order valence-electron chi connectivity index (χ3n) is 2.20. The number of pyridine rings is 1. The molecule has 1 aromatic heterocycles. The molecular formula is C11H18N4O3S. The lowest BCUT2D eigenvalue weighted by molar-refractivity contribution is -0.120. The minimum absolute atomic E-state index is 0.0293. The van der Waals surface area contributed by atoms with Crippen LogP contribution in [0.2, 0.25) is 0 Å². The second kappa shape index (κ2) is 6.48. The Kier molecular flexibility index (Phi) is 5.25. The van der Waals surface area contributed by atoms with E-state index >= 15 is 0 Å². The maximum atomic E-state index is 11.8. The number of carbonyl (C=O) groups excluding carboxylic acids is 1. The fourth-order valence-corrected chi connectivity index (χ4v) is 2.10. The Labute approximate surface area is 112 Å². The van der Waals surface area contributed by atoms with E-state index in [-0.39, 0.29) is 23.2 Å². The van der Waals surface area contributed by atoms with E-state index in [4.69, 9.17) is 5.73 Å². The molecule has 0 bridgehead atoms. The summed E-state index contributed by atoms with van der Waals surface area (Å²) >= 11 is 0. The molecule has 19 heavy (non-hydrogen) atoms. The molecule has 1 aromatic rings.